The van der Waals surface area contributed by atoms with Crippen LogP contribution in [-0.2, 0) is 0 Å². The van der Waals surface area contributed by atoms with Crippen LogP contribution in [0.3, 0.4) is 0 Å². The standard InChI is InChI=1S/C22H26F3N7O/c1-12-5-20(31-30-12)28-19-9-18-17(8-16(33-2)10-26-18)21(29-19)27-13-6-14-3-4-15(7-13)32(14)11-22(23,24)25/h5,8-10,13-15H,3-4,6-7,11H2,1-2H3,(H3,27,28,29,30,31)/t13?,14-,15+. The number of hydrogen-bond donors (Lipinski definition) is 3. The van der Waals surface area contributed by atoms with E-state index < -0.39 is 12.7 Å². The zero-order chi connectivity index (χ0) is 23.2. The normalized spacial score (nSPS) is 23.1. The summed E-state index contributed by atoms with van der Waals surface area (Å²) in [6, 6.07) is 5.45. The molecule has 1 unspecified atom stereocenters. The number of H-pyrrole nitrogens is 1. The van der Waals surface area contributed by atoms with E-state index in [1.54, 1.807) is 18.2 Å². The Morgan fingerprint density at radius 3 is 2.55 bits per heavy atom. The van der Waals surface area contributed by atoms with Crippen LogP contribution >= 0.6 is 0 Å². The van der Waals surface area contributed by atoms with Gasteiger partial charge in [-0.15, -0.1) is 0 Å². The van der Waals surface area contributed by atoms with Crippen molar-refractivity contribution in [2.24, 2.45) is 0 Å². The summed E-state index contributed by atoms with van der Waals surface area (Å²) < 4.78 is 44.4. The van der Waals surface area contributed by atoms with Gasteiger partial charge in [-0.3, -0.25) is 15.0 Å². The van der Waals surface area contributed by atoms with E-state index in [1.165, 1.54) is 0 Å². The van der Waals surface area contributed by atoms with Gasteiger partial charge in [0.15, 0.2) is 5.82 Å². The molecular weight excluding hydrogens is 435 g/mol. The Morgan fingerprint density at radius 1 is 1.15 bits per heavy atom. The second-order valence-corrected chi connectivity index (χ2v) is 8.84. The Labute approximate surface area is 188 Å². The fourth-order valence-electron chi connectivity index (χ4n) is 5.05. The summed E-state index contributed by atoms with van der Waals surface area (Å²) >= 11 is 0. The van der Waals surface area contributed by atoms with Crippen molar-refractivity contribution in [3.63, 3.8) is 0 Å². The molecule has 3 aromatic heterocycles. The van der Waals surface area contributed by atoms with E-state index >= 15 is 0 Å². The minimum Gasteiger partial charge on any atom is -0.495 e. The van der Waals surface area contributed by atoms with E-state index in [2.05, 4.69) is 25.8 Å². The maximum atomic E-state index is 13.0. The number of anilines is 3. The molecule has 0 aliphatic carbocycles. The first kappa shape index (κ1) is 21.7. The first-order valence-corrected chi connectivity index (χ1v) is 11.0. The lowest BCUT2D eigenvalue weighted by Gasteiger charge is -2.39. The van der Waals surface area contributed by atoms with Gasteiger partial charge in [0.25, 0.3) is 0 Å². The maximum Gasteiger partial charge on any atom is 0.401 e. The molecule has 33 heavy (non-hydrogen) atoms. The predicted octanol–water partition coefficient (Wildman–Crippen LogP) is 4.38. The summed E-state index contributed by atoms with van der Waals surface area (Å²) in [5, 5.41) is 14.6. The number of pyridine rings is 2. The van der Waals surface area contributed by atoms with Crippen molar-refractivity contribution < 1.29 is 17.9 Å². The first-order chi connectivity index (χ1) is 15.8. The van der Waals surface area contributed by atoms with Crippen molar-refractivity contribution >= 4 is 28.4 Å². The molecule has 176 valence electrons. The van der Waals surface area contributed by atoms with Gasteiger partial charge in [0.2, 0.25) is 0 Å². The van der Waals surface area contributed by atoms with Crippen molar-refractivity contribution in [2.45, 2.75) is 56.9 Å². The number of hydrogen-bond acceptors (Lipinski definition) is 7. The van der Waals surface area contributed by atoms with E-state index in [0.717, 1.165) is 29.4 Å². The highest BCUT2D eigenvalue weighted by molar-refractivity contribution is 5.92. The van der Waals surface area contributed by atoms with Crippen LogP contribution < -0.4 is 15.4 Å². The fraction of sp³-hybridized carbons (Fsp3) is 0.500. The van der Waals surface area contributed by atoms with Gasteiger partial charge in [0.05, 0.1) is 25.4 Å². The lowest BCUT2D eigenvalue weighted by molar-refractivity contribution is -0.155. The third kappa shape index (κ3) is 4.68. The van der Waals surface area contributed by atoms with Gasteiger partial charge in [-0.25, -0.2) is 4.98 Å². The summed E-state index contributed by atoms with van der Waals surface area (Å²) in [7, 11) is 1.58. The highest BCUT2D eigenvalue weighted by Gasteiger charge is 2.45. The lowest BCUT2D eigenvalue weighted by atomic mass is 9.97. The Hall–Kier alpha value is -3.08. The quantitative estimate of drug-likeness (QED) is 0.502. The molecule has 0 radical (unpaired) electrons. The molecule has 3 atom stereocenters. The molecule has 11 heteroatoms. The van der Waals surface area contributed by atoms with Gasteiger partial charge in [-0.1, -0.05) is 0 Å². The Bertz CT molecular complexity index is 1130. The predicted molar refractivity (Wildman–Crippen MR) is 119 cm³/mol. The number of fused-ring (bicyclic) bond motifs is 3. The van der Waals surface area contributed by atoms with Crippen LogP contribution in [0, 0.1) is 6.92 Å². The molecule has 0 spiro atoms. The first-order valence-electron chi connectivity index (χ1n) is 11.0. The van der Waals surface area contributed by atoms with Gasteiger partial charge >= 0.3 is 6.18 Å². The Kier molecular flexibility index (Phi) is 5.51. The van der Waals surface area contributed by atoms with Gasteiger partial charge in [-0.05, 0) is 38.7 Å². The molecule has 3 aromatic rings. The highest BCUT2D eigenvalue weighted by Crippen LogP contribution is 2.39. The molecule has 2 fully saturated rings. The number of halogens is 3. The average molecular weight is 461 g/mol. The van der Waals surface area contributed by atoms with Crippen molar-refractivity contribution in [1.82, 2.24) is 25.1 Å². The number of methoxy groups -OCH3 is 1. The molecule has 5 heterocycles. The Morgan fingerprint density at radius 2 is 1.91 bits per heavy atom. The summed E-state index contributed by atoms with van der Waals surface area (Å²) in [4.78, 5) is 10.9. The number of aromatic amines is 1. The number of nitrogens with zero attached hydrogens (tertiary/aromatic N) is 4. The highest BCUT2D eigenvalue weighted by atomic mass is 19.4. The van der Waals surface area contributed by atoms with E-state index in [4.69, 9.17) is 9.72 Å². The fourth-order valence-corrected chi connectivity index (χ4v) is 5.05. The van der Waals surface area contributed by atoms with Crippen LogP contribution in [0.5, 0.6) is 5.75 Å². The molecule has 3 N–H and O–H groups in total. The molecular formula is C22H26F3N7O. The number of piperidine rings is 1. The third-order valence-corrected chi connectivity index (χ3v) is 6.44. The monoisotopic (exact) mass is 461 g/mol. The van der Waals surface area contributed by atoms with E-state index in [-0.39, 0.29) is 18.1 Å². The molecule has 2 bridgehead atoms. The van der Waals surface area contributed by atoms with E-state index in [9.17, 15) is 13.2 Å². The van der Waals surface area contributed by atoms with Crippen LogP contribution in [-0.4, -0.2) is 63.0 Å². The SMILES string of the molecule is COc1cnc2cc(Nc3cc(C)[nH]n3)nc(NC3C[C@H]4CC[C@@H](C3)N4CC(F)(F)F)c2c1. The average Bonchev–Trinajstić information content (AvgIpc) is 3.25. The topological polar surface area (TPSA) is 91.0 Å². The molecule has 2 aliphatic rings. The molecule has 2 saturated heterocycles. The van der Waals surface area contributed by atoms with Crippen molar-refractivity contribution in [3.8, 4) is 5.75 Å². The van der Waals surface area contributed by atoms with Gasteiger partial charge in [0.1, 0.15) is 17.4 Å². The molecule has 0 amide bonds. The maximum absolute atomic E-state index is 13.0. The van der Waals surface area contributed by atoms with E-state index in [0.29, 0.717) is 36.0 Å². The second-order valence-electron chi connectivity index (χ2n) is 8.84. The van der Waals surface area contributed by atoms with Crippen LogP contribution in [0.25, 0.3) is 10.9 Å². The van der Waals surface area contributed by atoms with Crippen molar-refractivity contribution in [2.75, 3.05) is 24.3 Å². The zero-order valence-corrected chi connectivity index (χ0v) is 18.4. The molecule has 2 aliphatic heterocycles. The molecule has 0 saturated carbocycles. The number of ether oxygens (including phenoxy) is 1. The van der Waals surface area contributed by atoms with Crippen LogP contribution in [0.4, 0.5) is 30.6 Å². The zero-order valence-electron chi connectivity index (χ0n) is 18.4. The lowest BCUT2D eigenvalue weighted by Crippen LogP contribution is -2.50. The van der Waals surface area contributed by atoms with Gasteiger partial charge in [0, 0.05) is 41.3 Å². The van der Waals surface area contributed by atoms with Crippen molar-refractivity contribution in [1.29, 1.82) is 0 Å². The summed E-state index contributed by atoms with van der Waals surface area (Å²) in [6.45, 7) is 1.08. The number of alkyl halides is 3. The van der Waals surface area contributed by atoms with Crippen LogP contribution in [0.1, 0.15) is 31.4 Å². The number of aromatic nitrogens is 4. The number of rotatable bonds is 6. The summed E-state index contributed by atoms with van der Waals surface area (Å²) in [6.07, 6.45) is 0.341. The third-order valence-electron chi connectivity index (χ3n) is 6.44. The van der Waals surface area contributed by atoms with Gasteiger partial charge < -0.3 is 15.4 Å². The number of aryl methyl sites for hydroxylation is 1. The Balaban J connectivity index is 1.42. The largest absolute Gasteiger partial charge is 0.495 e. The summed E-state index contributed by atoms with van der Waals surface area (Å²) in [5.41, 5.74) is 1.64. The molecule has 5 rings (SSSR count). The minimum atomic E-state index is -4.17. The van der Waals surface area contributed by atoms with Crippen molar-refractivity contribution in [3.05, 3.63) is 30.1 Å². The van der Waals surface area contributed by atoms with E-state index in [1.807, 2.05) is 25.1 Å². The van der Waals surface area contributed by atoms with Gasteiger partial charge in [-0.2, -0.15) is 18.3 Å². The minimum absolute atomic E-state index is 0.0248. The molecule has 0 aromatic carbocycles. The molecule has 8 nitrogen and oxygen atoms in total. The second kappa shape index (κ2) is 8.36. The smallest absolute Gasteiger partial charge is 0.401 e. The summed E-state index contributed by atoms with van der Waals surface area (Å²) in [5.74, 6) is 2.45. The number of nitrogens with one attached hydrogen (secondary N) is 3. The van der Waals surface area contributed by atoms with Crippen LogP contribution in [0.15, 0.2) is 24.4 Å². The van der Waals surface area contributed by atoms with Crippen LogP contribution in [0.2, 0.25) is 0 Å².